The minimum atomic E-state index is -0.377. The molecule has 0 fully saturated rings. The summed E-state index contributed by atoms with van der Waals surface area (Å²) in [5, 5.41) is 10.9. The third-order valence-electron chi connectivity index (χ3n) is 4.72. The van der Waals surface area contributed by atoms with Crippen LogP contribution in [-0.2, 0) is 0 Å². The predicted octanol–water partition coefficient (Wildman–Crippen LogP) is 4.76. The first kappa shape index (κ1) is 19.7. The van der Waals surface area contributed by atoms with Crippen LogP contribution < -0.4 is 10.2 Å². The lowest BCUT2D eigenvalue weighted by Gasteiger charge is -2.09. The van der Waals surface area contributed by atoms with E-state index in [0.29, 0.717) is 27.7 Å². The molecule has 150 valence electrons. The molecular weight excluding hydrogens is 400 g/mol. The first-order valence-corrected chi connectivity index (χ1v) is 9.67. The van der Waals surface area contributed by atoms with Gasteiger partial charge < -0.3 is 4.74 Å². The van der Waals surface area contributed by atoms with Gasteiger partial charge in [0.15, 0.2) is 0 Å². The number of carbonyl (C=O) groups is 1. The second kappa shape index (κ2) is 8.39. The van der Waals surface area contributed by atoms with Gasteiger partial charge in [-0.1, -0.05) is 54.1 Å². The zero-order valence-corrected chi connectivity index (χ0v) is 17.2. The Morgan fingerprint density at radius 1 is 1.10 bits per heavy atom. The van der Waals surface area contributed by atoms with Crippen LogP contribution in [0.15, 0.2) is 71.8 Å². The molecule has 3 aromatic carbocycles. The maximum atomic E-state index is 12.7. The van der Waals surface area contributed by atoms with Gasteiger partial charge >= 0.3 is 0 Å². The summed E-state index contributed by atoms with van der Waals surface area (Å²) in [4.78, 5) is 12.7. The standard InChI is InChI=1S/C23H19ClN4O2/c1-15-20(22(24)28(27-15)18-10-4-3-5-11-18)14-25-26-23(29)19-12-16-8-6-7-9-17(16)13-21(19)30-2/h3-14H,1-2H3,(H,26,29)/b25-14-. The summed E-state index contributed by atoms with van der Waals surface area (Å²) in [6.07, 6.45) is 1.50. The molecule has 30 heavy (non-hydrogen) atoms. The summed E-state index contributed by atoms with van der Waals surface area (Å²) < 4.78 is 7.01. The van der Waals surface area contributed by atoms with Crippen molar-refractivity contribution in [2.75, 3.05) is 7.11 Å². The zero-order valence-electron chi connectivity index (χ0n) is 16.5. The molecule has 0 bridgehead atoms. The quantitative estimate of drug-likeness (QED) is 0.375. The molecular formula is C23H19ClN4O2. The summed E-state index contributed by atoms with van der Waals surface area (Å²) >= 11 is 6.49. The normalized spacial score (nSPS) is 11.2. The average Bonchev–Trinajstić information content (AvgIpc) is 3.07. The monoisotopic (exact) mass is 418 g/mol. The number of aryl methyl sites for hydroxylation is 1. The highest BCUT2D eigenvalue weighted by atomic mass is 35.5. The number of hydrogen-bond acceptors (Lipinski definition) is 4. The Hall–Kier alpha value is -3.64. The number of carbonyl (C=O) groups excluding carboxylic acids is 1. The predicted molar refractivity (Wildman–Crippen MR) is 119 cm³/mol. The van der Waals surface area contributed by atoms with E-state index in [1.54, 1.807) is 10.7 Å². The number of benzene rings is 3. The van der Waals surface area contributed by atoms with E-state index in [1.807, 2.05) is 67.6 Å². The molecule has 1 N–H and O–H groups in total. The molecule has 0 radical (unpaired) electrons. The number of methoxy groups -OCH3 is 1. The molecule has 1 amide bonds. The second-order valence-electron chi connectivity index (χ2n) is 6.64. The Morgan fingerprint density at radius 3 is 2.47 bits per heavy atom. The van der Waals surface area contributed by atoms with Gasteiger partial charge in [0.2, 0.25) is 0 Å². The Kier molecular flexibility index (Phi) is 5.50. The van der Waals surface area contributed by atoms with E-state index in [-0.39, 0.29) is 5.91 Å². The number of nitrogens with one attached hydrogen (secondary N) is 1. The van der Waals surface area contributed by atoms with E-state index >= 15 is 0 Å². The molecule has 0 unspecified atom stereocenters. The molecule has 0 atom stereocenters. The van der Waals surface area contributed by atoms with E-state index in [1.165, 1.54) is 13.3 Å². The van der Waals surface area contributed by atoms with Crippen LogP contribution in [0.1, 0.15) is 21.6 Å². The SMILES string of the molecule is COc1cc2ccccc2cc1C(=O)N/N=C\c1c(C)nn(-c2ccccc2)c1Cl. The molecule has 1 aromatic heterocycles. The van der Waals surface area contributed by atoms with Gasteiger partial charge in [-0.3, -0.25) is 4.79 Å². The summed E-state index contributed by atoms with van der Waals surface area (Å²) in [6.45, 7) is 1.83. The number of hydrazone groups is 1. The highest BCUT2D eigenvalue weighted by molar-refractivity contribution is 6.32. The topological polar surface area (TPSA) is 68.5 Å². The molecule has 4 aromatic rings. The van der Waals surface area contributed by atoms with Crippen molar-refractivity contribution in [3.8, 4) is 11.4 Å². The highest BCUT2D eigenvalue weighted by Crippen LogP contribution is 2.26. The van der Waals surface area contributed by atoms with Crippen LogP contribution in [0, 0.1) is 6.92 Å². The number of ether oxygens (including phenoxy) is 1. The summed E-state index contributed by atoms with van der Waals surface area (Å²) in [5.41, 5.74) is 5.12. The van der Waals surface area contributed by atoms with Gasteiger partial charge in [-0.25, -0.2) is 10.1 Å². The van der Waals surface area contributed by atoms with Crippen LogP contribution in [0.5, 0.6) is 5.75 Å². The maximum absolute atomic E-state index is 12.7. The Labute approximate surface area is 178 Å². The number of halogens is 1. The minimum absolute atomic E-state index is 0.377. The van der Waals surface area contributed by atoms with Crippen molar-refractivity contribution in [3.05, 3.63) is 88.7 Å². The fourth-order valence-corrected chi connectivity index (χ4v) is 3.50. The van der Waals surface area contributed by atoms with Crippen LogP contribution in [0.2, 0.25) is 5.15 Å². The van der Waals surface area contributed by atoms with Crippen LogP contribution in [-0.4, -0.2) is 29.0 Å². The Balaban J connectivity index is 1.58. The van der Waals surface area contributed by atoms with Gasteiger partial charge in [0, 0.05) is 0 Å². The summed E-state index contributed by atoms with van der Waals surface area (Å²) in [5.74, 6) is 0.102. The number of amides is 1. The Bertz CT molecular complexity index is 1250. The lowest BCUT2D eigenvalue weighted by Crippen LogP contribution is -2.18. The molecule has 0 saturated carbocycles. The summed E-state index contributed by atoms with van der Waals surface area (Å²) in [7, 11) is 1.53. The first-order chi connectivity index (χ1) is 14.6. The largest absolute Gasteiger partial charge is 0.496 e. The van der Waals surface area contributed by atoms with E-state index in [4.69, 9.17) is 16.3 Å². The van der Waals surface area contributed by atoms with Crippen LogP contribution in [0.4, 0.5) is 0 Å². The molecule has 0 aliphatic carbocycles. The third-order valence-corrected chi connectivity index (χ3v) is 5.08. The molecule has 7 heteroatoms. The molecule has 0 aliphatic rings. The number of hydrogen-bond donors (Lipinski definition) is 1. The van der Waals surface area contributed by atoms with Crippen molar-refractivity contribution in [1.82, 2.24) is 15.2 Å². The van der Waals surface area contributed by atoms with Crippen molar-refractivity contribution in [3.63, 3.8) is 0 Å². The fraction of sp³-hybridized carbons (Fsp3) is 0.0870. The van der Waals surface area contributed by atoms with Gasteiger partial charge in [0.25, 0.3) is 5.91 Å². The minimum Gasteiger partial charge on any atom is -0.496 e. The van der Waals surface area contributed by atoms with Gasteiger partial charge in [0.05, 0.1) is 35.8 Å². The van der Waals surface area contributed by atoms with Crippen molar-refractivity contribution in [1.29, 1.82) is 0 Å². The smallest absolute Gasteiger partial charge is 0.275 e. The molecule has 0 spiro atoms. The Morgan fingerprint density at radius 2 is 1.77 bits per heavy atom. The summed E-state index contributed by atoms with van der Waals surface area (Å²) in [6, 6.07) is 20.9. The van der Waals surface area contributed by atoms with Crippen molar-refractivity contribution in [2.45, 2.75) is 6.92 Å². The number of rotatable bonds is 5. The number of nitrogens with zero attached hydrogens (tertiary/aromatic N) is 3. The van der Waals surface area contributed by atoms with Crippen molar-refractivity contribution < 1.29 is 9.53 Å². The van der Waals surface area contributed by atoms with Gasteiger partial charge in [-0.2, -0.15) is 10.2 Å². The van der Waals surface area contributed by atoms with Crippen LogP contribution in [0.3, 0.4) is 0 Å². The van der Waals surface area contributed by atoms with Crippen molar-refractivity contribution >= 4 is 34.5 Å². The van der Waals surface area contributed by atoms with Crippen molar-refractivity contribution in [2.24, 2.45) is 5.10 Å². The van der Waals surface area contributed by atoms with E-state index in [2.05, 4.69) is 15.6 Å². The van der Waals surface area contributed by atoms with Gasteiger partial charge in [0.1, 0.15) is 10.9 Å². The van der Waals surface area contributed by atoms with E-state index in [0.717, 1.165) is 16.5 Å². The van der Waals surface area contributed by atoms with Crippen LogP contribution in [0.25, 0.3) is 16.5 Å². The third kappa shape index (κ3) is 3.77. The number of aromatic nitrogens is 2. The second-order valence-corrected chi connectivity index (χ2v) is 6.99. The highest BCUT2D eigenvalue weighted by Gasteiger charge is 2.15. The lowest BCUT2D eigenvalue weighted by atomic mass is 10.1. The van der Waals surface area contributed by atoms with E-state index in [9.17, 15) is 4.79 Å². The molecule has 4 rings (SSSR count). The number of para-hydroxylation sites is 1. The zero-order chi connectivity index (χ0) is 21.1. The number of fused-ring (bicyclic) bond motifs is 1. The average molecular weight is 419 g/mol. The van der Waals surface area contributed by atoms with Crippen LogP contribution >= 0.6 is 11.6 Å². The fourth-order valence-electron chi connectivity index (χ4n) is 3.18. The lowest BCUT2D eigenvalue weighted by molar-refractivity contribution is 0.0952. The van der Waals surface area contributed by atoms with Gasteiger partial charge in [-0.05, 0) is 42.0 Å². The maximum Gasteiger partial charge on any atom is 0.275 e. The molecule has 0 aliphatic heterocycles. The molecule has 1 heterocycles. The molecule has 6 nitrogen and oxygen atoms in total. The molecule has 0 saturated heterocycles. The van der Waals surface area contributed by atoms with E-state index < -0.39 is 0 Å². The first-order valence-electron chi connectivity index (χ1n) is 9.29. The van der Waals surface area contributed by atoms with Gasteiger partial charge in [-0.15, -0.1) is 0 Å².